The Labute approximate surface area is 120 Å². The lowest BCUT2D eigenvalue weighted by Gasteiger charge is -2.21. The molecule has 1 heterocycles. The minimum absolute atomic E-state index is 0.0220. The lowest BCUT2D eigenvalue weighted by Crippen LogP contribution is -2.29. The number of nitrogens with zero attached hydrogens (tertiary/aromatic N) is 4. The van der Waals surface area contributed by atoms with Gasteiger partial charge in [0.2, 0.25) is 11.9 Å². The van der Waals surface area contributed by atoms with Gasteiger partial charge >= 0.3 is 6.01 Å². The minimum atomic E-state index is 0.0220. The van der Waals surface area contributed by atoms with Gasteiger partial charge in [-0.15, -0.1) is 0 Å². The van der Waals surface area contributed by atoms with Gasteiger partial charge in [-0.3, -0.25) is 0 Å². The second kappa shape index (κ2) is 8.52. The molecule has 0 amide bonds. The molecule has 0 radical (unpaired) electrons. The van der Waals surface area contributed by atoms with Crippen molar-refractivity contribution in [1.29, 1.82) is 0 Å². The van der Waals surface area contributed by atoms with Crippen LogP contribution in [-0.4, -0.2) is 54.4 Å². The maximum Gasteiger partial charge on any atom is 0.323 e. The fourth-order valence-corrected chi connectivity index (χ4v) is 1.59. The summed E-state index contributed by atoms with van der Waals surface area (Å²) in [4.78, 5) is 15.1. The number of nitrogens with one attached hydrogen (secondary N) is 1. The van der Waals surface area contributed by atoms with Crippen molar-refractivity contribution in [3.05, 3.63) is 0 Å². The van der Waals surface area contributed by atoms with E-state index in [4.69, 9.17) is 9.47 Å². The van der Waals surface area contributed by atoms with Crippen molar-refractivity contribution in [2.75, 3.05) is 43.6 Å². The number of hydrogen-bond acceptors (Lipinski definition) is 7. The third-order valence-corrected chi connectivity index (χ3v) is 2.51. The highest BCUT2D eigenvalue weighted by Gasteiger charge is 2.13. The molecule has 1 N–H and O–H groups in total. The van der Waals surface area contributed by atoms with Gasteiger partial charge in [0.05, 0.1) is 12.7 Å². The van der Waals surface area contributed by atoms with E-state index in [-0.39, 0.29) is 6.10 Å². The van der Waals surface area contributed by atoms with Gasteiger partial charge in [0.25, 0.3) is 0 Å². The van der Waals surface area contributed by atoms with E-state index >= 15 is 0 Å². The van der Waals surface area contributed by atoms with Crippen LogP contribution in [-0.2, 0) is 4.74 Å². The summed E-state index contributed by atoms with van der Waals surface area (Å²) in [6.45, 7) is 10.8. The van der Waals surface area contributed by atoms with Gasteiger partial charge in [-0.25, -0.2) is 0 Å². The standard InChI is InChI=1S/C13H25N5O2/c1-6-14-11-15-12(18(7-2)8-9-19-5)17-13(16-11)20-10(3)4/h10H,6-9H2,1-5H3,(H,14,15,16,17). The van der Waals surface area contributed by atoms with Crippen LogP contribution in [0.2, 0.25) is 0 Å². The first kappa shape index (κ1) is 16.4. The van der Waals surface area contributed by atoms with Crippen LogP contribution in [0.4, 0.5) is 11.9 Å². The Bertz CT molecular complexity index is 400. The summed E-state index contributed by atoms with van der Waals surface area (Å²) in [5.74, 6) is 1.13. The first-order valence-corrected chi connectivity index (χ1v) is 7.01. The molecule has 0 atom stereocenters. The second-order valence-corrected chi connectivity index (χ2v) is 4.51. The van der Waals surface area contributed by atoms with E-state index in [2.05, 4.69) is 27.2 Å². The number of methoxy groups -OCH3 is 1. The highest BCUT2D eigenvalue weighted by Crippen LogP contribution is 2.15. The van der Waals surface area contributed by atoms with Crippen molar-refractivity contribution in [3.8, 4) is 6.01 Å². The van der Waals surface area contributed by atoms with Crippen molar-refractivity contribution in [2.45, 2.75) is 33.8 Å². The van der Waals surface area contributed by atoms with E-state index in [1.54, 1.807) is 7.11 Å². The lowest BCUT2D eigenvalue weighted by atomic mass is 10.5. The van der Waals surface area contributed by atoms with Gasteiger partial charge in [0.15, 0.2) is 0 Å². The number of ether oxygens (including phenoxy) is 2. The van der Waals surface area contributed by atoms with E-state index in [1.807, 2.05) is 25.7 Å². The predicted molar refractivity (Wildman–Crippen MR) is 79.5 cm³/mol. The highest BCUT2D eigenvalue weighted by atomic mass is 16.5. The molecule has 0 unspecified atom stereocenters. The summed E-state index contributed by atoms with van der Waals surface area (Å²) >= 11 is 0. The Balaban J connectivity index is 2.98. The Morgan fingerprint density at radius 2 is 1.95 bits per heavy atom. The Morgan fingerprint density at radius 3 is 2.50 bits per heavy atom. The number of anilines is 2. The fraction of sp³-hybridized carbons (Fsp3) is 0.769. The molecule has 1 aromatic rings. The van der Waals surface area contributed by atoms with E-state index in [0.29, 0.717) is 24.5 Å². The van der Waals surface area contributed by atoms with Gasteiger partial charge in [0, 0.05) is 26.7 Å². The van der Waals surface area contributed by atoms with Crippen LogP contribution in [0.1, 0.15) is 27.7 Å². The van der Waals surface area contributed by atoms with Crippen LogP contribution in [0.3, 0.4) is 0 Å². The summed E-state index contributed by atoms with van der Waals surface area (Å²) in [6.07, 6.45) is 0.0220. The van der Waals surface area contributed by atoms with Crippen LogP contribution >= 0.6 is 0 Å². The van der Waals surface area contributed by atoms with Crippen molar-refractivity contribution in [2.24, 2.45) is 0 Å². The molecule has 20 heavy (non-hydrogen) atoms. The summed E-state index contributed by atoms with van der Waals surface area (Å²) in [5, 5.41) is 3.10. The summed E-state index contributed by atoms with van der Waals surface area (Å²) in [6, 6.07) is 0.344. The summed E-state index contributed by atoms with van der Waals surface area (Å²) in [7, 11) is 1.68. The van der Waals surface area contributed by atoms with Crippen LogP contribution in [0.5, 0.6) is 6.01 Å². The number of likely N-dealkylation sites (N-methyl/N-ethyl adjacent to an activating group) is 1. The van der Waals surface area contributed by atoms with E-state index in [0.717, 1.165) is 19.6 Å². The maximum absolute atomic E-state index is 5.58. The minimum Gasteiger partial charge on any atom is -0.461 e. The molecule has 0 fully saturated rings. The van der Waals surface area contributed by atoms with Crippen molar-refractivity contribution >= 4 is 11.9 Å². The zero-order chi connectivity index (χ0) is 15.0. The zero-order valence-electron chi connectivity index (χ0n) is 13.0. The van der Waals surface area contributed by atoms with Crippen LogP contribution < -0.4 is 15.0 Å². The first-order chi connectivity index (χ1) is 9.60. The summed E-state index contributed by atoms with van der Waals surface area (Å²) in [5.41, 5.74) is 0. The highest BCUT2D eigenvalue weighted by molar-refractivity contribution is 5.38. The Kier molecular flexibility index (Phi) is 7.00. The monoisotopic (exact) mass is 283 g/mol. The van der Waals surface area contributed by atoms with E-state index < -0.39 is 0 Å². The van der Waals surface area contributed by atoms with Crippen molar-refractivity contribution in [3.63, 3.8) is 0 Å². The number of hydrogen-bond donors (Lipinski definition) is 1. The topological polar surface area (TPSA) is 72.4 Å². The molecule has 0 bridgehead atoms. The normalized spacial score (nSPS) is 10.7. The molecule has 0 spiro atoms. The van der Waals surface area contributed by atoms with Crippen LogP contribution in [0, 0.1) is 0 Å². The Hall–Kier alpha value is -1.63. The van der Waals surface area contributed by atoms with Gasteiger partial charge in [-0.05, 0) is 27.7 Å². The second-order valence-electron chi connectivity index (χ2n) is 4.51. The third-order valence-electron chi connectivity index (χ3n) is 2.51. The molecule has 0 saturated carbocycles. The molecule has 114 valence electrons. The molecule has 1 aromatic heterocycles. The molecule has 0 aromatic carbocycles. The molecular weight excluding hydrogens is 258 g/mol. The Morgan fingerprint density at radius 1 is 1.20 bits per heavy atom. The molecule has 7 heteroatoms. The van der Waals surface area contributed by atoms with Gasteiger partial charge in [-0.1, -0.05) is 0 Å². The van der Waals surface area contributed by atoms with Crippen LogP contribution in [0.25, 0.3) is 0 Å². The SMILES string of the molecule is CCNc1nc(OC(C)C)nc(N(CC)CCOC)n1. The van der Waals surface area contributed by atoms with Gasteiger partial charge < -0.3 is 19.7 Å². The van der Waals surface area contributed by atoms with Crippen LogP contribution in [0.15, 0.2) is 0 Å². The number of rotatable bonds is 9. The molecule has 0 aliphatic carbocycles. The average Bonchev–Trinajstić information content (AvgIpc) is 2.39. The van der Waals surface area contributed by atoms with Gasteiger partial charge in [-0.2, -0.15) is 15.0 Å². The van der Waals surface area contributed by atoms with Crippen molar-refractivity contribution < 1.29 is 9.47 Å². The summed E-state index contributed by atoms with van der Waals surface area (Å²) < 4.78 is 10.7. The fourth-order valence-electron chi connectivity index (χ4n) is 1.59. The van der Waals surface area contributed by atoms with E-state index in [1.165, 1.54) is 0 Å². The quantitative estimate of drug-likeness (QED) is 0.737. The predicted octanol–water partition coefficient (Wildman–Crippen LogP) is 1.56. The van der Waals surface area contributed by atoms with Crippen molar-refractivity contribution in [1.82, 2.24) is 15.0 Å². The molecular formula is C13H25N5O2. The van der Waals surface area contributed by atoms with E-state index in [9.17, 15) is 0 Å². The first-order valence-electron chi connectivity index (χ1n) is 7.01. The zero-order valence-corrected chi connectivity index (χ0v) is 13.0. The molecule has 7 nitrogen and oxygen atoms in total. The van der Waals surface area contributed by atoms with Gasteiger partial charge in [0.1, 0.15) is 0 Å². The molecule has 0 saturated heterocycles. The third kappa shape index (κ3) is 5.16. The molecule has 1 rings (SSSR count). The molecule has 0 aliphatic heterocycles. The number of aromatic nitrogens is 3. The maximum atomic E-state index is 5.58. The average molecular weight is 283 g/mol. The lowest BCUT2D eigenvalue weighted by molar-refractivity contribution is 0.204. The molecule has 0 aliphatic rings. The smallest absolute Gasteiger partial charge is 0.323 e. The largest absolute Gasteiger partial charge is 0.461 e.